The lowest BCUT2D eigenvalue weighted by atomic mass is 10.0. The summed E-state index contributed by atoms with van der Waals surface area (Å²) in [6, 6.07) is 8.47. The topological polar surface area (TPSA) is 68.6 Å². The zero-order chi connectivity index (χ0) is 18.9. The molecule has 1 aromatic carbocycles. The fourth-order valence-electron chi connectivity index (χ4n) is 4.04. The third kappa shape index (κ3) is 3.71. The van der Waals surface area contributed by atoms with Gasteiger partial charge in [0, 0.05) is 31.6 Å². The van der Waals surface area contributed by atoms with Crippen molar-refractivity contribution >= 4 is 11.7 Å². The van der Waals surface area contributed by atoms with Crippen LogP contribution in [0.15, 0.2) is 30.5 Å². The van der Waals surface area contributed by atoms with Crippen molar-refractivity contribution in [2.75, 3.05) is 31.6 Å². The lowest BCUT2D eigenvalue weighted by Gasteiger charge is -2.33. The number of nitrogens with one attached hydrogen (secondary N) is 1. The van der Waals surface area contributed by atoms with Crippen LogP contribution in [0.1, 0.15) is 37.3 Å². The third-order valence-corrected chi connectivity index (χ3v) is 5.79. The highest BCUT2D eigenvalue weighted by molar-refractivity contribution is 5.93. The summed E-state index contributed by atoms with van der Waals surface area (Å²) in [5, 5.41) is 7.53. The van der Waals surface area contributed by atoms with E-state index in [1.165, 1.54) is 5.56 Å². The zero-order valence-corrected chi connectivity index (χ0v) is 16.0. The number of piperidine rings is 1. The standard InChI is InChI=1S/C21H26N4O3/c26-21(16-2-3-16)23-20-5-8-22-25(20)17-6-9-24(10-7-17)14-15-1-4-18-19(13-15)28-12-11-27-18/h1,4-5,8,13,16-17H,2-3,6-7,9-12,14H2,(H,23,26). The number of carbonyl (C=O) groups is 1. The molecule has 0 atom stereocenters. The molecule has 1 saturated carbocycles. The minimum absolute atomic E-state index is 0.137. The lowest BCUT2D eigenvalue weighted by molar-refractivity contribution is -0.117. The maximum absolute atomic E-state index is 12.1. The van der Waals surface area contributed by atoms with Gasteiger partial charge >= 0.3 is 0 Å². The molecule has 28 heavy (non-hydrogen) atoms. The van der Waals surface area contributed by atoms with Gasteiger partial charge in [0.2, 0.25) is 5.91 Å². The van der Waals surface area contributed by atoms with Crippen LogP contribution < -0.4 is 14.8 Å². The molecule has 1 amide bonds. The van der Waals surface area contributed by atoms with Gasteiger partial charge in [0.1, 0.15) is 19.0 Å². The number of hydrogen-bond acceptors (Lipinski definition) is 5. The van der Waals surface area contributed by atoms with E-state index in [1.807, 2.05) is 16.8 Å². The number of rotatable bonds is 5. The molecule has 1 N–H and O–H groups in total. The second-order valence-electron chi connectivity index (χ2n) is 7.91. The molecule has 7 heteroatoms. The summed E-state index contributed by atoms with van der Waals surface area (Å²) in [7, 11) is 0. The quantitative estimate of drug-likeness (QED) is 0.861. The van der Waals surface area contributed by atoms with Gasteiger partial charge in [-0.25, -0.2) is 4.68 Å². The second kappa shape index (κ2) is 7.47. The predicted octanol–water partition coefficient (Wildman–Crippen LogP) is 2.84. The SMILES string of the molecule is O=C(Nc1ccnn1C1CCN(Cc2ccc3c(c2)OCCO3)CC1)C1CC1. The molecule has 1 saturated heterocycles. The maximum Gasteiger partial charge on any atom is 0.228 e. The highest BCUT2D eigenvalue weighted by Gasteiger charge is 2.31. The smallest absolute Gasteiger partial charge is 0.228 e. The number of aromatic nitrogens is 2. The number of anilines is 1. The summed E-state index contributed by atoms with van der Waals surface area (Å²) >= 11 is 0. The van der Waals surface area contributed by atoms with Crippen molar-refractivity contribution in [3.63, 3.8) is 0 Å². The van der Waals surface area contributed by atoms with Crippen molar-refractivity contribution in [1.82, 2.24) is 14.7 Å². The predicted molar refractivity (Wildman–Crippen MR) is 105 cm³/mol. The van der Waals surface area contributed by atoms with Crippen LogP contribution in [0.2, 0.25) is 0 Å². The summed E-state index contributed by atoms with van der Waals surface area (Å²) in [5.74, 6) is 2.87. The Kier molecular flexibility index (Phi) is 4.68. The normalized spacial score (nSPS) is 20.1. The molecule has 2 aliphatic heterocycles. The van der Waals surface area contributed by atoms with Crippen LogP contribution in [0.3, 0.4) is 0 Å². The minimum Gasteiger partial charge on any atom is -0.486 e. The highest BCUT2D eigenvalue weighted by Crippen LogP contribution is 2.33. The fourth-order valence-corrected chi connectivity index (χ4v) is 4.04. The van der Waals surface area contributed by atoms with Crippen LogP contribution in [0, 0.1) is 5.92 Å². The van der Waals surface area contributed by atoms with Gasteiger partial charge in [-0.15, -0.1) is 0 Å². The molecule has 0 unspecified atom stereocenters. The first-order valence-corrected chi connectivity index (χ1v) is 10.2. The molecular formula is C21H26N4O3. The number of likely N-dealkylation sites (tertiary alicyclic amines) is 1. The first-order chi connectivity index (χ1) is 13.8. The van der Waals surface area contributed by atoms with Gasteiger partial charge in [-0.3, -0.25) is 9.69 Å². The molecule has 5 rings (SSSR count). The molecule has 2 aromatic rings. The third-order valence-electron chi connectivity index (χ3n) is 5.79. The van der Waals surface area contributed by atoms with Gasteiger partial charge in [-0.2, -0.15) is 5.10 Å². The Morgan fingerprint density at radius 3 is 2.64 bits per heavy atom. The van der Waals surface area contributed by atoms with E-state index in [4.69, 9.17) is 9.47 Å². The average molecular weight is 382 g/mol. The molecule has 0 radical (unpaired) electrons. The molecule has 2 fully saturated rings. The lowest BCUT2D eigenvalue weighted by Crippen LogP contribution is -2.35. The number of amides is 1. The Labute approximate surface area is 164 Å². The molecule has 0 spiro atoms. The largest absolute Gasteiger partial charge is 0.486 e. The summed E-state index contributed by atoms with van der Waals surface area (Å²) in [6.45, 7) is 4.17. The van der Waals surface area contributed by atoms with Crippen LogP contribution in [0.4, 0.5) is 5.82 Å². The number of benzene rings is 1. The van der Waals surface area contributed by atoms with Gasteiger partial charge in [-0.05, 0) is 43.4 Å². The van der Waals surface area contributed by atoms with Crippen molar-refractivity contribution in [3.8, 4) is 11.5 Å². The highest BCUT2D eigenvalue weighted by atomic mass is 16.6. The van der Waals surface area contributed by atoms with E-state index in [1.54, 1.807) is 6.20 Å². The van der Waals surface area contributed by atoms with Crippen molar-refractivity contribution in [1.29, 1.82) is 0 Å². The Bertz CT molecular complexity index is 853. The van der Waals surface area contributed by atoms with E-state index in [-0.39, 0.29) is 11.8 Å². The van der Waals surface area contributed by atoms with E-state index < -0.39 is 0 Å². The van der Waals surface area contributed by atoms with Crippen molar-refractivity contribution in [3.05, 3.63) is 36.0 Å². The van der Waals surface area contributed by atoms with Gasteiger partial charge < -0.3 is 14.8 Å². The molecular weight excluding hydrogens is 356 g/mol. The first kappa shape index (κ1) is 17.6. The summed E-state index contributed by atoms with van der Waals surface area (Å²) in [6.07, 6.45) is 5.86. The van der Waals surface area contributed by atoms with Crippen LogP contribution >= 0.6 is 0 Å². The average Bonchev–Trinajstić information content (AvgIpc) is 3.49. The second-order valence-corrected chi connectivity index (χ2v) is 7.91. The summed E-state index contributed by atoms with van der Waals surface area (Å²) in [4.78, 5) is 14.6. The Hall–Kier alpha value is -2.54. The van der Waals surface area contributed by atoms with Crippen molar-refractivity contribution in [2.45, 2.75) is 38.3 Å². The zero-order valence-electron chi connectivity index (χ0n) is 16.0. The minimum atomic E-state index is 0.137. The number of carbonyl (C=O) groups excluding carboxylic acids is 1. The van der Waals surface area contributed by atoms with Gasteiger partial charge in [-0.1, -0.05) is 6.07 Å². The van der Waals surface area contributed by atoms with Crippen LogP contribution in [-0.4, -0.2) is 46.9 Å². The Balaban J connectivity index is 1.18. The van der Waals surface area contributed by atoms with Gasteiger partial charge in [0.25, 0.3) is 0 Å². The molecule has 1 aromatic heterocycles. The van der Waals surface area contributed by atoms with Crippen LogP contribution in [0.5, 0.6) is 11.5 Å². The molecule has 0 bridgehead atoms. The molecule has 1 aliphatic carbocycles. The molecule has 148 valence electrons. The van der Waals surface area contributed by atoms with Crippen LogP contribution in [-0.2, 0) is 11.3 Å². The number of nitrogens with zero attached hydrogens (tertiary/aromatic N) is 3. The van der Waals surface area contributed by atoms with E-state index in [2.05, 4.69) is 27.4 Å². The summed E-state index contributed by atoms with van der Waals surface area (Å²) < 4.78 is 13.3. The van der Waals surface area contributed by atoms with Crippen molar-refractivity contribution in [2.24, 2.45) is 5.92 Å². The maximum atomic E-state index is 12.1. The molecule has 3 heterocycles. The van der Waals surface area contributed by atoms with E-state index in [9.17, 15) is 4.79 Å². The van der Waals surface area contributed by atoms with E-state index in [0.29, 0.717) is 19.3 Å². The van der Waals surface area contributed by atoms with Gasteiger partial charge in [0.05, 0.1) is 12.2 Å². The Morgan fingerprint density at radius 2 is 1.86 bits per heavy atom. The molecule has 7 nitrogen and oxygen atoms in total. The monoisotopic (exact) mass is 382 g/mol. The van der Waals surface area contributed by atoms with E-state index >= 15 is 0 Å². The van der Waals surface area contributed by atoms with Gasteiger partial charge in [0.15, 0.2) is 11.5 Å². The summed E-state index contributed by atoms with van der Waals surface area (Å²) in [5.41, 5.74) is 1.25. The fraction of sp³-hybridized carbons (Fsp3) is 0.524. The Morgan fingerprint density at radius 1 is 1.07 bits per heavy atom. The van der Waals surface area contributed by atoms with Crippen molar-refractivity contribution < 1.29 is 14.3 Å². The van der Waals surface area contributed by atoms with E-state index in [0.717, 1.165) is 62.6 Å². The first-order valence-electron chi connectivity index (χ1n) is 10.2. The number of fused-ring (bicyclic) bond motifs is 1. The number of hydrogen-bond donors (Lipinski definition) is 1. The molecule has 3 aliphatic rings. The van der Waals surface area contributed by atoms with Crippen LogP contribution in [0.25, 0.3) is 0 Å². The number of ether oxygens (including phenoxy) is 2.